The van der Waals surface area contributed by atoms with E-state index in [-0.39, 0.29) is 6.54 Å². The van der Waals surface area contributed by atoms with Crippen molar-refractivity contribution in [3.8, 4) is 11.8 Å². The van der Waals surface area contributed by atoms with Crippen LogP contribution < -0.4 is 0 Å². The van der Waals surface area contributed by atoms with E-state index in [9.17, 15) is 4.79 Å². The maximum absolute atomic E-state index is 11.0. The predicted octanol–water partition coefficient (Wildman–Crippen LogP) is 1.46. The van der Waals surface area contributed by atoms with Crippen molar-refractivity contribution < 1.29 is 9.53 Å². The predicted molar refractivity (Wildman–Crippen MR) is 53.0 cm³/mol. The maximum atomic E-state index is 11.0. The van der Waals surface area contributed by atoms with Crippen LogP contribution in [0.1, 0.15) is 16.1 Å². The first-order valence-electron chi connectivity index (χ1n) is 4.04. The zero-order valence-corrected chi connectivity index (χ0v) is 8.02. The highest BCUT2D eigenvalue weighted by molar-refractivity contribution is 5.87. The first kappa shape index (κ1) is 10.7. The molecule has 0 saturated carbocycles. The fraction of sp³-hybridized carbons (Fsp3) is 0.222. The maximum Gasteiger partial charge on any atom is 0.354 e. The standard InChI is InChI=1S/C9H8N4O2/c1-15-9(14)8-5-7(6-11-8)3-2-4-12-13-10/h5-6,11H,4H2,1H3. The highest BCUT2D eigenvalue weighted by Crippen LogP contribution is 2.02. The van der Waals surface area contributed by atoms with Gasteiger partial charge in [0.15, 0.2) is 0 Å². The molecular weight excluding hydrogens is 196 g/mol. The van der Waals surface area contributed by atoms with E-state index in [1.807, 2.05) is 0 Å². The molecule has 1 heterocycles. The van der Waals surface area contributed by atoms with Gasteiger partial charge in [0.2, 0.25) is 0 Å². The van der Waals surface area contributed by atoms with Crippen LogP contribution in [0.3, 0.4) is 0 Å². The molecular formula is C9H8N4O2. The summed E-state index contributed by atoms with van der Waals surface area (Å²) in [5.74, 6) is 4.91. The van der Waals surface area contributed by atoms with E-state index >= 15 is 0 Å². The summed E-state index contributed by atoms with van der Waals surface area (Å²) < 4.78 is 4.51. The molecule has 0 unspecified atom stereocenters. The Bertz CT molecular complexity index is 460. The van der Waals surface area contributed by atoms with Crippen LogP contribution in [0.25, 0.3) is 10.4 Å². The topological polar surface area (TPSA) is 90.8 Å². The van der Waals surface area contributed by atoms with E-state index in [0.29, 0.717) is 11.3 Å². The number of aromatic amines is 1. The lowest BCUT2D eigenvalue weighted by Crippen LogP contribution is -2.00. The molecule has 6 nitrogen and oxygen atoms in total. The van der Waals surface area contributed by atoms with E-state index < -0.39 is 5.97 Å². The molecule has 0 spiro atoms. The molecule has 0 aliphatic heterocycles. The third-order valence-corrected chi connectivity index (χ3v) is 1.53. The number of esters is 1. The van der Waals surface area contributed by atoms with Crippen LogP contribution in [-0.2, 0) is 4.74 Å². The highest BCUT2D eigenvalue weighted by atomic mass is 16.5. The SMILES string of the molecule is COC(=O)c1cc(C#CCN=[N+]=[N-])c[nH]1. The van der Waals surface area contributed by atoms with Gasteiger partial charge in [0.1, 0.15) is 5.69 Å². The minimum Gasteiger partial charge on any atom is -0.464 e. The number of methoxy groups -OCH3 is 1. The van der Waals surface area contributed by atoms with Gasteiger partial charge in [-0.05, 0) is 11.6 Å². The zero-order valence-electron chi connectivity index (χ0n) is 8.02. The summed E-state index contributed by atoms with van der Waals surface area (Å²) in [5, 5.41) is 3.25. The van der Waals surface area contributed by atoms with E-state index in [2.05, 4.69) is 31.6 Å². The lowest BCUT2D eigenvalue weighted by atomic mass is 10.3. The van der Waals surface area contributed by atoms with Gasteiger partial charge in [-0.2, -0.15) is 0 Å². The molecule has 76 valence electrons. The summed E-state index contributed by atoms with van der Waals surface area (Å²) in [6.07, 6.45) is 1.58. The van der Waals surface area contributed by atoms with Crippen molar-refractivity contribution in [1.29, 1.82) is 0 Å². The summed E-state index contributed by atoms with van der Waals surface area (Å²) in [6, 6.07) is 1.56. The van der Waals surface area contributed by atoms with E-state index in [4.69, 9.17) is 5.53 Å². The highest BCUT2D eigenvalue weighted by Gasteiger charge is 2.06. The van der Waals surface area contributed by atoms with Crippen molar-refractivity contribution in [1.82, 2.24) is 4.98 Å². The van der Waals surface area contributed by atoms with E-state index in [0.717, 1.165) is 0 Å². The van der Waals surface area contributed by atoms with Crippen molar-refractivity contribution in [3.63, 3.8) is 0 Å². The summed E-state index contributed by atoms with van der Waals surface area (Å²) in [7, 11) is 1.30. The Kier molecular flexibility index (Phi) is 3.83. The molecule has 1 aromatic rings. The summed E-state index contributed by atoms with van der Waals surface area (Å²) >= 11 is 0. The van der Waals surface area contributed by atoms with Gasteiger partial charge < -0.3 is 9.72 Å². The monoisotopic (exact) mass is 204 g/mol. The number of hydrogen-bond donors (Lipinski definition) is 1. The number of azide groups is 1. The largest absolute Gasteiger partial charge is 0.464 e. The van der Waals surface area contributed by atoms with Crippen LogP contribution in [0.5, 0.6) is 0 Å². The van der Waals surface area contributed by atoms with Gasteiger partial charge in [-0.25, -0.2) is 4.79 Å². The Balaban J connectivity index is 2.70. The second kappa shape index (κ2) is 5.37. The number of ether oxygens (including phenoxy) is 1. The number of nitrogens with zero attached hydrogens (tertiary/aromatic N) is 3. The number of H-pyrrole nitrogens is 1. The van der Waals surface area contributed by atoms with Gasteiger partial charge in [-0.15, -0.1) is 0 Å². The molecule has 0 aliphatic carbocycles. The van der Waals surface area contributed by atoms with Crippen LogP contribution >= 0.6 is 0 Å². The molecule has 1 N–H and O–H groups in total. The fourth-order valence-electron chi connectivity index (χ4n) is 0.903. The van der Waals surface area contributed by atoms with Crippen LogP contribution in [-0.4, -0.2) is 24.6 Å². The van der Waals surface area contributed by atoms with Crippen molar-refractivity contribution in [2.45, 2.75) is 0 Å². The van der Waals surface area contributed by atoms with Gasteiger partial charge in [-0.3, -0.25) is 0 Å². The summed E-state index contributed by atoms with van der Waals surface area (Å²) in [5.41, 5.74) is 8.98. The van der Waals surface area contributed by atoms with Crippen LogP contribution in [0.15, 0.2) is 17.4 Å². The second-order valence-corrected chi connectivity index (χ2v) is 2.48. The molecule has 0 fully saturated rings. The third-order valence-electron chi connectivity index (χ3n) is 1.53. The number of nitrogens with one attached hydrogen (secondary N) is 1. The number of aromatic nitrogens is 1. The Morgan fingerprint density at radius 3 is 3.27 bits per heavy atom. The third kappa shape index (κ3) is 3.10. The molecule has 0 atom stereocenters. The number of carbonyl (C=O) groups excluding carboxylic acids is 1. The van der Waals surface area contributed by atoms with Gasteiger partial charge in [0, 0.05) is 16.7 Å². The molecule has 0 aliphatic rings. The van der Waals surface area contributed by atoms with E-state index in [1.54, 1.807) is 12.3 Å². The van der Waals surface area contributed by atoms with Gasteiger partial charge in [0.25, 0.3) is 0 Å². The molecule has 1 aromatic heterocycles. The van der Waals surface area contributed by atoms with E-state index in [1.165, 1.54) is 7.11 Å². The molecule has 6 heteroatoms. The van der Waals surface area contributed by atoms with Gasteiger partial charge in [-0.1, -0.05) is 17.0 Å². The Hall–Kier alpha value is -2.38. The van der Waals surface area contributed by atoms with Crippen LogP contribution in [0.2, 0.25) is 0 Å². The average molecular weight is 204 g/mol. The smallest absolute Gasteiger partial charge is 0.354 e. The second-order valence-electron chi connectivity index (χ2n) is 2.48. The molecule has 0 saturated heterocycles. The minimum absolute atomic E-state index is 0.106. The van der Waals surface area contributed by atoms with Crippen molar-refractivity contribution in [3.05, 3.63) is 34.0 Å². The van der Waals surface area contributed by atoms with Gasteiger partial charge >= 0.3 is 5.97 Å². The van der Waals surface area contributed by atoms with Crippen molar-refractivity contribution >= 4 is 5.97 Å². The Labute approximate surface area is 85.9 Å². The number of carbonyl (C=O) groups is 1. The van der Waals surface area contributed by atoms with Crippen molar-refractivity contribution in [2.24, 2.45) is 5.11 Å². The first-order chi connectivity index (χ1) is 7.27. The first-order valence-corrected chi connectivity index (χ1v) is 4.04. The van der Waals surface area contributed by atoms with Crippen molar-refractivity contribution in [2.75, 3.05) is 13.7 Å². The lowest BCUT2D eigenvalue weighted by Gasteiger charge is -1.91. The zero-order chi connectivity index (χ0) is 11.1. The molecule has 0 bridgehead atoms. The average Bonchev–Trinajstić information content (AvgIpc) is 2.72. The number of rotatable bonds is 2. The molecule has 15 heavy (non-hydrogen) atoms. The van der Waals surface area contributed by atoms with Gasteiger partial charge in [0.05, 0.1) is 13.7 Å². The normalized spacial score (nSPS) is 8.33. The molecule has 1 rings (SSSR count). The van der Waals surface area contributed by atoms with Crippen LogP contribution in [0.4, 0.5) is 0 Å². The fourth-order valence-corrected chi connectivity index (χ4v) is 0.903. The van der Waals surface area contributed by atoms with Crippen LogP contribution in [0, 0.1) is 11.8 Å². The quantitative estimate of drug-likeness (QED) is 0.260. The number of hydrogen-bond acceptors (Lipinski definition) is 3. The molecule has 0 radical (unpaired) electrons. The Morgan fingerprint density at radius 1 is 1.80 bits per heavy atom. The molecule has 0 amide bonds. The molecule has 0 aromatic carbocycles. The Morgan fingerprint density at radius 2 is 2.60 bits per heavy atom. The minimum atomic E-state index is -0.446. The summed E-state index contributed by atoms with van der Waals surface area (Å²) in [6.45, 7) is 0.106. The lowest BCUT2D eigenvalue weighted by molar-refractivity contribution is 0.0595. The summed E-state index contributed by atoms with van der Waals surface area (Å²) in [4.78, 5) is 16.3.